The molecule has 4 nitrogen and oxygen atoms in total. The zero-order valence-corrected chi connectivity index (χ0v) is 9.72. The fourth-order valence-corrected chi connectivity index (χ4v) is 3.44. The first kappa shape index (κ1) is 11.4. The molecule has 0 spiro atoms. The van der Waals surface area contributed by atoms with Crippen LogP contribution < -0.4 is 4.72 Å². The van der Waals surface area contributed by atoms with Gasteiger partial charge in [-0.05, 0) is 43.4 Å². The van der Waals surface area contributed by atoms with Crippen LogP contribution in [0.25, 0.3) is 0 Å². The molecule has 0 amide bonds. The van der Waals surface area contributed by atoms with Gasteiger partial charge in [-0.1, -0.05) is 0 Å². The van der Waals surface area contributed by atoms with Gasteiger partial charge in [0.15, 0.2) is 0 Å². The summed E-state index contributed by atoms with van der Waals surface area (Å²) in [5.41, 5.74) is 0.0748. The van der Waals surface area contributed by atoms with Gasteiger partial charge in [0, 0.05) is 13.2 Å². The van der Waals surface area contributed by atoms with Gasteiger partial charge in [-0.2, -0.15) is 0 Å². The lowest BCUT2D eigenvalue weighted by Gasteiger charge is -2.14. The second-order valence-corrected chi connectivity index (χ2v) is 6.87. The molecule has 5 heteroatoms. The minimum absolute atomic E-state index is 0.0748. The quantitative estimate of drug-likeness (QED) is 0.672. The Labute approximate surface area is 91.1 Å². The van der Waals surface area contributed by atoms with Crippen LogP contribution in [0.15, 0.2) is 0 Å². The third-order valence-corrected chi connectivity index (χ3v) is 4.91. The first-order chi connectivity index (χ1) is 7.05. The van der Waals surface area contributed by atoms with Crippen molar-refractivity contribution in [1.82, 2.24) is 4.72 Å². The summed E-state index contributed by atoms with van der Waals surface area (Å²) in [5, 5.41) is 8.85. The van der Waals surface area contributed by atoms with Crippen molar-refractivity contribution in [2.24, 2.45) is 11.3 Å². The highest BCUT2D eigenvalue weighted by molar-refractivity contribution is 7.89. The van der Waals surface area contributed by atoms with Gasteiger partial charge in [0.25, 0.3) is 0 Å². The van der Waals surface area contributed by atoms with Crippen molar-refractivity contribution in [2.45, 2.75) is 32.1 Å². The molecule has 15 heavy (non-hydrogen) atoms. The highest BCUT2D eigenvalue weighted by Gasteiger charge is 2.42. The number of sulfonamides is 1. The molecule has 2 aliphatic rings. The van der Waals surface area contributed by atoms with Gasteiger partial charge < -0.3 is 5.11 Å². The average molecular weight is 233 g/mol. The van der Waals surface area contributed by atoms with Crippen LogP contribution in [-0.2, 0) is 10.0 Å². The molecule has 0 saturated heterocycles. The maximum absolute atomic E-state index is 11.6. The van der Waals surface area contributed by atoms with Crippen molar-refractivity contribution >= 4 is 10.0 Å². The molecule has 0 aromatic carbocycles. The molecule has 0 heterocycles. The number of hydrogen-bond acceptors (Lipinski definition) is 3. The lowest BCUT2D eigenvalue weighted by Crippen LogP contribution is -2.33. The molecule has 2 rings (SSSR count). The van der Waals surface area contributed by atoms with E-state index in [9.17, 15) is 8.42 Å². The van der Waals surface area contributed by atoms with Crippen LogP contribution in [-0.4, -0.2) is 32.4 Å². The monoisotopic (exact) mass is 233 g/mol. The summed E-state index contributed by atoms with van der Waals surface area (Å²) in [6.07, 6.45) is 4.92. The van der Waals surface area contributed by atoms with Crippen LogP contribution in [0.5, 0.6) is 0 Å². The number of nitrogens with one attached hydrogen (secondary N) is 1. The Balaban J connectivity index is 1.76. The summed E-state index contributed by atoms with van der Waals surface area (Å²) in [6.45, 7) is 0.674. The SMILES string of the molecule is O=S(=O)(CC1CC1)NCC1(CCO)CC1. The smallest absolute Gasteiger partial charge is 0.211 e. The summed E-state index contributed by atoms with van der Waals surface area (Å²) in [7, 11) is -3.06. The molecule has 0 atom stereocenters. The standard InChI is InChI=1S/C10H19NO3S/c12-6-5-10(3-4-10)8-11-15(13,14)7-9-1-2-9/h9,11-12H,1-8H2. The number of hydrogen-bond donors (Lipinski definition) is 2. The van der Waals surface area contributed by atoms with E-state index >= 15 is 0 Å². The molecular weight excluding hydrogens is 214 g/mol. The minimum atomic E-state index is -3.06. The van der Waals surface area contributed by atoms with Crippen LogP contribution in [0.3, 0.4) is 0 Å². The lowest BCUT2D eigenvalue weighted by atomic mass is 10.0. The molecule has 0 unspecified atom stereocenters. The Morgan fingerprint density at radius 2 is 2.00 bits per heavy atom. The van der Waals surface area contributed by atoms with Crippen molar-refractivity contribution in [1.29, 1.82) is 0 Å². The number of aliphatic hydroxyl groups is 1. The molecule has 0 bridgehead atoms. The van der Waals surface area contributed by atoms with Crippen LogP contribution >= 0.6 is 0 Å². The van der Waals surface area contributed by atoms with E-state index in [-0.39, 0.29) is 12.0 Å². The van der Waals surface area contributed by atoms with E-state index < -0.39 is 10.0 Å². The van der Waals surface area contributed by atoms with Crippen molar-refractivity contribution in [3.05, 3.63) is 0 Å². The van der Waals surface area contributed by atoms with Crippen molar-refractivity contribution in [2.75, 3.05) is 18.9 Å². The highest BCUT2D eigenvalue weighted by Crippen LogP contribution is 2.48. The first-order valence-corrected chi connectivity index (χ1v) is 7.29. The zero-order valence-electron chi connectivity index (χ0n) is 8.91. The molecule has 0 aromatic heterocycles. The van der Waals surface area contributed by atoms with Gasteiger partial charge in [0.05, 0.1) is 5.75 Å². The van der Waals surface area contributed by atoms with Gasteiger partial charge in [0.1, 0.15) is 0 Å². The number of aliphatic hydroxyl groups excluding tert-OH is 1. The maximum Gasteiger partial charge on any atom is 0.211 e. The Hall–Kier alpha value is -0.130. The summed E-state index contributed by atoms with van der Waals surface area (Å²) in [6, 6.07) is 0. The minimum Gasteiger partial charge on any atom is -0.396 e. The fourth-order valence-electron chi connectivity index (χ4n) is 1.85. The fraction of sp³-hybridized carbons (Fsp3) is 1.00. The van der Waals surface area contributed by atoms with Crippen LogP contribution in [0.4, 0.5) is 0 Å². The summed E-state index contributed by atoms with van der Waals surface area (Å²) in [4.78, 5) is 0. The van der Waals surface area contributed by atoms with E-state index in [0.717, 1.165) is 32.1 Å². The second-order valence-electron chi connectivity index (χ2n) is 5.02. The van der Waals surface area contributed by atoms with E-state index in [0.29, 0.717) is 18.2 Å². The molecule has 2 fully saturated rings. The number of rotatable bonds is 7. The Kier molecular flexibility index (Phi) is 3.05. The molecule has 0 aromatic rings. The van der Waals surface area contributed by atoms with Gasteiger partial charge in [-0.15, -0.1) is 0 Å². The third-order valence-electron chi connectivity index (χ3n) is 3.42. The Bertz CT molecular complexity index is 318. The van der Waals surface area contributed by atoms with Crippen molar-refractivity contribution in [3.8, 4) is 0 Å². The average Bonchev–Trinajstić information content (AvgIpc) is 3.00. The zero-order chi connectivity index (χ0) is 10.9. The predicted octanol–water partition coefficient (Wildman–Crippen LogP) is 0.478. The van der Waals surface area contributed by atoms with Crippen molar-refractivity contribution in [3.63, 3.8) is 0 Å². The van der Waals surface area contributed by atoms with Crippen LogP contribution in [0, 0.1) is 11.3 Å². The molecule has 88 valence electrons. The van der Waals surface area contributed by atoms with Gasteiger partial charge in [-0.3, -0.25) is 0 Å². The molecular formula is C10H19NO3S. The second kappa shape index (κ2) is 4.03. The molecule has 2 N–H and O–H groups in total. The van der Waals surface area contributed by atoms with E-state index in [1.807, 2.05) is 0 Å². The van der Waals surface area contributed by atoms with Gasteiger partial charge in [0.2, 0.25) is 10.0 Å². The van der Waals surface area contributed by atoms with Gasteiger partial charge >= 0.3 is 0 Å². The summed E-state index contributed by atoms with van der Waals surface area (Å²) >= 11 is 0. The Morgan fingerprint density at radius 3 is 2.47 bits per heavy atom. The third kappa shape index (κ3) is 3.43. The highest BCUT2D eigenvalue weighted by atomic mass is 32.2. The van der Waals surface area contributed by atoms with Crippen LogP contribution in [0.2, 0.25) is 0 Å². The predicted molar refractivity (Wildman–Crippen MR) is 57.9 cm³/mol. The molecule has 2 aliphatic carbocycles. The molecule has 0 radical (unpaired) electrons. The van der Waals surface area contributed by atoms with E-state index in [1.54, 1.807) is 0 Å². The largest absolute Gasteiger partial charge is 0.396 e. The molecule has 0 aliphatic heterocycles. The van der Waals surface area contributed by atoms with E-state index in [1.165, 1.54) is 0 Å². The molecule has 2 saturated carbocycles. The van der Waals surface area contributed by atoms with E-state index in [2.05, 4.69) is 4.72 Å². The normalized spacial score (nSPS) is 24.1. The lowest BCUT2D eigenvalue weighted by molar-refractivity contribution is 0.249. The maximum atomic E-state index is 11.6. The van der Waals surface area contributed by atoms with Gasteiger partial charge in [-0.25, -0.2) is 13.1 Å². The van der Waals surface area contributed by atoms with Crippen LogP contribution in [0.1, 0.15) is 32.1 Å². The summed E-state index contributed by atoms with van der Waals surface area (Å²) < 4.78 is 25.9. The Morgan fingerprint density at radius 1 is 1.33 bits per heavy atom. The van der Waals surface area contributed by atoms with E-state index in [4.69, 9.17) is 5.11 Å². The summed E-state index contributed by atoms with van der Waals surface area (Å²) in [5.74, 6) is 0.692. The first-order valence-electron chi connectivity index (χ1n) is 5.63. The van der Waals surface area contributed by atoms with Crippen molar-refractivity contribution < 1.29 is 13.5 Å². The topological polar surface area (TPSA) is 66.4 Å².